The molecule has 0 bridgehead atoms. The van der Waals surface area contributed by atoms with E-state index >= 15 is 0 Å². The molecule has 3 heteroatoms. The van der Waals surface area contributed by atoms with Crippen LogP contribution in [-0.4, -0.2) is 0 Å². The second-order valence-electron chi connectivity index (χ2n) is 4.88. The minimum Gasteiger partial charge on any atom is -0.323 e. The second kappa shape index (κ2) is 5.04. The Labute approximate surface area is 117 Å². The van der Waals surface area contributed by atoms with Crippen LogP contribution in [0.3, 0.4) is 0 Å². The van der Waals surface area contributed by atoms with E-state index in [1.165, 1.54) is 29.7 Å². The van der Waals surface area contributed by atoms with Crippen LogP contribution in [0.25, 0.3) is 0 Å². The van der Waals surface area contributed by atoms with Crippen LogP contribution in [0.4, 0.5) is 0 Å². The molecule has 0 saturated carbocycles. The third kappa shape index (κ3) is 2.20. The lowest BCUT2D eigenvalue weighted by atomic mass is 9.80. The van der Waals surface area contributed by atoms with E-state index in [1.807, 2.05) is 29.5 Å². The molecule has 0 radical (unpaired) electrons. The summed E-state index contributed by atoms with van der Waals surface area (Å²) in [4.78, 5) is 1.52. The summed E-state index contributed by atoms with van der Waals surface area (Å²) in [6, 6.07) is 10.2. The summed E-state index contributed by atoms with van der Waals surface area (Å²) in [5.74, 6) is 0.443. The van der Waals surface area contributed by atoms with E-state index in [9.17, 15) is 0 Å². The molecule has 0 spiro atoms. The molecule has 1 aromatic heterocycles. The molecule has 18 heavy (non-hydrogen) atoms. The first-order valence-electron chi connectivity index (χ1n) is 6.33. The van der Waals surface area contributed by atoms with Crippen LogP contribution in [0.2, 0.25) is 5.02 Å². The van der Waals surface area contributed by atoms with Crippen molar-refractivity contribution in [3.8, 4) is 0 Å². The van der Waals surface area contributed by atoms with Gasteiger partial charge in [0.15, 0.2) is 0 Å². The van der Waals surface area contributed by atoms with Crippen LogP contribution in [-0.2, 0) is 6.42 Å². The van der Waals surface area contributed by atoms with Gasteiger partial charge in [0.25, 0.3) is 0 Å². The van der Waals surface area contributed by atoms with Crippen molar-refractivity contribution in [2.75, 3.05) is 0 Å². The van der Waals surface area contributed by atoms with E-state index < -0.39 is 0 Å². The third-order valence-electron chi connectivity index (χ3n) is 3.77. The number of fused-ring (bicyclic) bond motifs is 1. The van der Waals surface area contributed by atoms with Gasteiger partial charge in [0, 0.05) is 21.9 Å². The summed E-state index contributed by atoms with van der Waals surface area (Å²) in [5, 5.41) is 2.96. The topological polar surface area (TPSA) is 26.0 Å². The number of halogens is 1. The Morgan fingerprint density at radius 1 is 1.33 bits per heavy atom. The molecular formula is C15H16ClNS. The molecule has 0 amide bonds. The molecule has 1 heterocycles. The molecule has 2 atom stereocenters. The highest BCUT2D eigenvalue weighted by Crippen LogP contribution is 2.41. The average Bonchev–Trinajstić information content (AvgIpc) is 2.86. The van der Waals surface area contributed by atoms with Crippen molar-refractivity contribution in [3.05, 3.63) is 56.7 Å². The average molecular weight is 278 g/mol. The van der Waals surface area contributed by atoms with Crippen molar-refractivity contribution in [1.29, 1.82) is 0 Å². The molecule has 1 nitrogen and oxygen atoms in total. The van der Waals surface area contributed by atoms with Crippen LogP contribution in [0, 0.1) is 0 Å². The van der Waals surface area contributed by atoms with Gasteiger partial charge in [0.05, 0.1) is 0 Å². The summed E-state index contributed by atoms with van der Waals surface area (Å²) in [7, 11) is 0. The van der Waals surface area contributed by atoms with Crippen LogP contribution >= 0.6 is 22.9 Å². The van der Waals surface area contributed by atoms with E-state index in [0.29, 0.717) is 5.92 Å². The lowest BCUT2D eigenvalue weighted by molar-refractivity contribution is 0.479. The Kier molecular flexibility index (Phi) is 3.42. The normalized spacial score (nSPS) is 20.4. The Bertz CT molecular complexity index is 549. The highest BCUT2D eigenvalue weighted by Gasteiger charge is 2.27. The summed E-state index contributed by atoms with van der Waals surface area (Å²) >= 11 is 7.92. The fraction of sp³-hybridized carbons (Fsp3) is 0.333. The second-order valence-corrected chi connectivity index (χ2v) is 6.32. The number of rotatable bonds is 2. The Morgan fingerprint density at radius 3 is 3.06 bits per heavy atom. The smallest absolute Gasteiger partial charge is 0.0409 e. The van der Waals surface area contributed by atoms with Gasteiger partial charge in [-0.2, -0.15) is 0 Å². The number of nitrogens with two attached hydrogens (primary N) is 1. The highest BCUT2D eigenvalue weighted by molar-refractivity contribution is 7.10. The molecule has 2 unspecified atom stereocenters. The Balaban J connectivity index is 1.93. The summed E-state index contributed by atoms with van der Waals surface area (Å²) in [6.45, 7) is 0. The van der Waals surface area contributed by atoms with Gasteiger partial charge < -0.3 is 5.73 Å². The standard InChI is InChI=1S/C15H16ClNS/c16-11-4-1-3-10(9-11)15(17)13-5-2-6-14-12(13)7-8-18-14/h1,3-4,7-9,13,15H,2,5-6,17H2. The minimum absolute atomic E-state index is 0.0531. The van der Waals surface area contributed by atoms with Gasteiger partial charge in [-0.25, -0.2) is 0 Å². The molecular weight excluding hydrogens is 262 g/mol. The fourth-order valence-corrected chi connectivity index (χ4v) is 4.04. The van der Waals surface area contributed by atoms with E-state index in [2.05, 4.69) is 17.5 Å². The first-order chi connectivity index (χ1) is 8.75. The molecule has 1 aliphatic rings. The largest absolute Gasteiger partial charge is 0.323 e. The minimum atomic E-state index is 0.0531. The zero-order valence-corrected chi connectivity index (χ0v) is 11.7. The first kappa shape index (κ1) is 12.2. The van der Waals surface area contributed by atoms with Crippen molar-refractivity contribution in [1.82, 2.24) is 0 Å². The third-order valence-corrected chi connectivity index (χ3v) is 5.00. The lowest BCUT2D eigenvalue weighted by Gasteiger charge is -2.28. The number of aryl methyl sites for hydroxylation is 1. The molecule has 2 N–H and O–H groups in total. The number of hydrogen-bond acceptors (Lipinski definition) is 2. The molecule has 0 fully saturated rings. The van der Waals surface area contributed by atoms with E-state index in [0.717, 1.165) is 10.6 Å². The van der Waals surface area contributed by atoms with Gasteiger partial charge in [-0.15, -0.1) is 11.3 Å². The zero-order valence-electron chi connectivity index (χ0n) is 10.1. The van der Waals surface area contributed by atoms with Crippen LogP contribution in [0.5, 0.6) is 0 Å². The Morgan fingerprint density at radius 2 is 2.22 bits per heavy atom. The van der Waals surface area contributed by atoms with Crippen LogP contribution in [0.1, 0.15) is 40.8 Å². The van der Waals surface area contributed by atoms with Crippen LogP contribution < -0.4 is 5.73 Å². The van der Waals surface area contributed by atoms with Gasteiger partial charge in [-0.05, 0) is 54.0 Å². The SMILES string of the molecule is NC(c1cccc(Cl)c1)C1CCCc2sccc21. The predicted molar refractivity (Wildman–Crippen MR) is 78.4 cm³/mol. The molecule has 1 aliphatic carbocycles. The molecule has 0 saturated heterocycles. The van der Waals surface area contributed by atoms with E-state index in [1.54, 1.807) is 0 Å². The first-order valence-corrected chi connectivity index (χ1v) is 7.59. The number of thiophene rings is 1. The predicted octanol–water partition coefficient (Wildman–Crippen LogP) is 4.52. The monoisotopic (exact) mass is 277 g/mol. The molecule has 1 aromatic carbocycles. The van der Waals surface area contributed by atoms with Gasteiger partial charge >= 0.3 is 0 Å². The maximum atomic E-state index is 6.46. The maximum absolute atomic E-state index is 6.46. The summed E-state index contributed by atoms with van der Waals surface area (Å²) < 4.78 is 0. The summed E-state index contributed by atoms with van der Waals surface area (Å²) in [5.41, 5.74) is 9.06. The number of benzene rings is 1. The van der Waals surface area contributed by atoms with Gasteiger partial charge in [-0.3, -0.25) is 0 Å². The van der Waals surface area contributed by atoms with Gasteiger partial charge in [0.2, 0.25) is 0 Å². The van der Waals surface area contributed by atoms with Crippen LogP contribution in [0.15, 0.2) is 35.7 Å². The van der Waals surface area contributed by atoms with Gasteiger partial charge in [-0.1, -0.05) is 23.7 Å². The van der Waals surface area contributed by atoms with Crippen molar-refractivity contribution >= 4 is 22.9 Å². The fourth-order valence-electron chi connectivity index (χ4n) is 2.84. The van der Waals surface area contributed by atoms with E-state index in [-0.39, 0.29) is 6.04 Å². The van der Waals surface area contributed by atoms with Gasteiger partial charge in [0.1, 0.15) is 0 Å². The Hall–Kier alpha value is -0.830. The quantitative estimate of drug-likeness (QED) is 0.858. The maximum Gasteiger partial charge on any atom is 0.0409 e. The number of hydrogen-bond donors (Lipinski definition) is 1. The molecule has 94 valence electrons. The van der Waals surface area contributed by atoms with Crippen molar-refractivity contribution < 1.29 is 0 Å². The lowest BCUT2D eigenvalue weighted by Crippen LogP contribution is -2.22. The molecule has 0 aliphatic heterocycles. The molecule has 2 aromatic rings. The molecule has 3 rings (SSSR count). The van der Waals surface area contributed by atoms with Crippen molar-refractivity contribution in [3.63, 3.8) is 0 Å². The van der Waals surface area contributed by atoms with Crippen molar-refractivity contribution in [2.45, 2.75) is 31.2 Å². The zero-order chi connectivity index (χ0) is 12.5. The highest BCUT2D eigenvalue weighted by atomic mass is 35.5. The summed E-state index contributed by atoms with van der Waals surface area (Å²) in [6.07, 6.45) is 3.63. The van der Waals surface area contributed by atoms with E-state index in [4.69, 9.17) is 17.3 Å². The van der Waals surface area contributed by atoms with Crippen molar-refractivity contribution in [2.24, 2.45) is 5.73 Å².